The van der Waals surface area contributed by atoms with Crippen molar-refractivity contribution in [2.24, 2.45) is 0 Å². The highest BCUT2D eigenvalue weighted by molar-refractivity contribution is 5.99. The van der Waals surface area contributed by atoms with E-state index in [0.29, 0.717) is 0 Å². The van der Waals surface area contributed by atoms with Crippen LogP contribution in [-0.4, -0.2) is 19.0 Å². The van der Waals surface area contributed by atoms with E-state index in [2.05, 4.69) is 0 Å². The number of halogens is 1. The van der Waals surface area contributed by atoms with Crippen LogP contribution in [0.1, 0.15) is 22.8 Å². The number of ketones is 1. The maximum Gasteiger partial charge on any atom is 0.194 e. The zero-order valence-electron chi connectivity index (χ0n) is 8.50. The molecule has 1 aromatic carbocycles. The Morgan fingerprint density at radius 2 is 2.14 bits per heavy atom. The summed E-state index contributed by atoms with van der Waals surface area (Å²) in [5.74, 6) is -0.821. The van der Waals surface area contributed by atoms with Gasteiger partial charge in [-0.25, -0.2) is 4.39 Å². The van der Waals surface area contributed by atoms with Crippen molar-refractivity contribution in [2.75, 3.05) is 7.11 Å². The lowest BCUT2D eigenvalue weighted by Crippen LogP contribution is -2.20. The van der Waals surface area contributed by atoms with Crippen LogP contribution in [0.5, 0.6) is 0 Å². The van der Waals surface area contributed by atoms with Gasteiger partial charge in [0.05, 0.1) is 5.56 Å². The van der Waals surface area contributed by atoms with Crippen LogP contribution in [0.2, 0.25) is 0 Å². The van der Waals surface area contributed by atoms with Crippen molar-refractivity contribution in [1.82, 2.24) is 0 Å². The smallest absolute Gasteiger partial charge is 0.194 e. The molecule has 0 amide bonds. The lowest BCUT2D eigenvalue weighted by atomic mass is 10.0. The largest absolute Gasteiger partial charge is 0.374 e. The first-order chi connectivity index (χ1) is 6.56. The van der Waals surface area contributed by atoms with Crippen LogP contribution in [0.15, 0.2) is 18.2 Å². The van der Waals surface area contributed by atoms with Crippen molar-refractivity contribution in [2.45, 2.75) is 20.0 Å². The first-order valence-corrected chi connectivity index (χ1v) is 4.39. The van der Waals surface area contributed by atoms with Crippen LogP contribution >= 0.6 is 0 Å². The molecule has 14 heavy (non-hydrogen) atoms. The molecule has 0 aliphatic heterocycles. The first kappa shape index (κ1) is 10.9. The van der Waals surface area contributed by atoms with Crippen molar-refractivity contribution < 1.29 is 13.9 Å². The van der Waals surface area contributed by atoms with E-state index >= 15 is 0 Å². The molecule has 0 saturated heterocycles. The summed E-state index contributed by atoms with van der Waals surface area (Å²) in [5.41, 5.74) is 0.956. The van der Waals surface area contributed by atoms with Gasteiger partial charge in [-0.3, -0.25) is 4.79 Å². The molecule has 76 valence electrons. The molecule has 2 nitrogen and oxygen atoms in total. The van der Waals surface area contributed by atoms with E-state index < -0.39 is 11.9 Å². The number of benzene rings is 1. The van der Waals surface area contributed by atoms with Crippen LogP contribution < -0.4 is 0 Å². The molecule has 0 bridgehead atoms. The maximum atomic E-state index is 13.2. The van der Waals surface area contributed by atoms with E-state index in [1.165, 1.54) is 19.2 Å². The second-order valence-electron chi connectivity index (χ2n) is 3.23. The van der Waals surface area contributed by atoms with E-state index in [1.54, 1.807) is 13.0 Å². The van der Waals surface area contributed by atoms with Crippen LogP contribution in [0.25, 0.3) is 0 Å². The maximum absolute atomic E-state index is 13.2. The fraction of sp³-hybridized carbons (Fsp3) is 0.364. The number of carbonyl (C=O) groups excluding carboxylic acids is 1. The highest BCUT2D eigenvalue weighted by atomic mass is 19.1. The van der Waals surface area contributed by atoms with Crippen molar-refractivity contribution in [1.29, 1.82) is 0 Å². The standard InChI is InChI=1S/C11H13FO2/c1-7-4-5-10(12)9(6-7)11(13)8(2)14-3/h4-6,8H,1-3H3. The number of hydrogen-bond donors (Lipinski definition) is 0. The van der Waals surface area contributed by atoms with Gasteiger partial charge in [0.15, 0.2) is 5.78 Å². The van der Waals surface area contributed by atoms with Crippen LogP contribution in [0.3, 0.4) is 0 Å². The normalized spacial score (nSPS) is 12.6. The topological polar surface area (TPSA) is 26.3 Å². The monoisotopic (exact) mass is 196 g/mol. The Bertz CT molecular complexity index is 347. The third kappa shape index (κ3) is 2.17. The number of rotatable bonds is 3. The van der Waals surface area contributed by atoms with Crippen LogP contribution in [0, 0.1) is 12.7 Å². The second kappa shape index (κ2) is 4.33. The average Bonchev–Trinajstić information content (AvgIpc) is 2.19. The zero-order valence-corrected chi connectivity index (χ0v) is 8.50. The Hall–Kier alpha value is -1.22. The number of Topliss-reactive ketones (excluding diaryl/α,β-unsaturated/α-hetero) is 1. The fourth-order valence-electron chi connectivity index (χ4n) is 1.15. The lowest BCUT2D eigenvalue weighted by Gasteiger charge is -2.09. The Balaban J connectivity index is 3.06. The molecule has 0 fully saturated rings. The molecule has 3 heteroatoms. The molecule has 1 atom stereocenters. The minimum atomic E-state index is -0.605. The number of carbonyl (C=O) groups is 1. The molecule has 1 rings (SSSR count). The third-order valence-electron chi connectivity index (χ3n) is 2.11. The Kier molecular flexibility index (Phi) is 3.36. The molecular formula is C11H13FO2. The molecule has 0 N–H and O–H groups in total. The van der Waals surface area contributed by atoms with Crippen LogP contribution in [-0.2, 0) is 4.74 Å². The van der Waals surface area contributed by atoms with Gasteiger partial charge in [0.25, 0.3) is 0 Å². The quantitative estimate of drug-likeness (QED) is 0.693. The van der Waals surface area contributed by atoms with E-state index in [9.17, 15) is 9.18 Å². The molecule has 0 aliphatic carbocycles. The fourth-order valence-corrected chi connectivity index (χ4v) is 1.15. The lowest BCUT2D eigenvalue weighted by molar-refractivity contribution is 0.0651. The Morgan fingerprint density at radius 1 is 1.50 bits per heavy atom. The van der Waals surface area contributed by atoms with Gasteiger partial charge in [0, 0.05) is 7.11 Å². The number of aryl methyl sites for hydroxylation is 1. The van der Waals surface area contributed by atoms with E-state index in [4.69, 9.17) is 4.74 Å². The molecule has 0 saturated carbocycles. The molecule has 0 radical (unpaired) electrons. The van der Waals surface area contributed by atoms with Gasteiger partial charge in [-0.15, -0.1) is 0 Å². The molecule has 0 aliphatic rings. The SMILES string of the molecule is COC(C)C(=O)c1cc(C)ccc1F. The minimum Gasteiger partial charge on any atom is -0.374 e. The predicted octanol–water partition coefficient (Wildman–Crippen LogP) is 2.35. The summed E-state index contributed by atoms with van der Waals surface area (Å²) in [6, 6.07) is 4.46. The Labute approximate surface area is 82.7 Å². The summed E-state index contributed by atoms with van der Waals surface area (Å²) in [5, 5.41) is 0. The molecular weight excluding hydrogens is 183 g/mol. The van der Waals surface area contributed by atoms with Crippen LogP contribution in [0.4, 0.5) is 4.39 Å². The minimum absolute atomic E-state index is 0.0966. The molecule has 1 aromatic rings. The van der Waals surface area contributed by atoms with Gasteiger partial charge in [0.1, 0.15) is 11.9 Å². The molecule has 0 aromatic heterocycles. The van der Waals surface area contributed by atoms with Gasteiger partial charge in [-0.05, 0) is 26.0 Å². The average molecular weight is 196 g/mol. The molecule has 1 unspecified atom stereocenters. The summed E-state index contributed by atoms with van der Waals surface area (Å²) >= 11 is 0. The number of ether oxygens (including phenoxy) is 1. The zero-order chi connectivity index (χ0) is 10.7. The molecule has 0 heterocycles. The van der Waals surface area contributed by atoms with Gasteiger partial charge in [-0.1, -0.05) is 11.6 Å². The van der Waals surface area contributed by atoms with Gasteiger partial charge in [0.2, 0.25) is 0 Å². The van der Waals surface area contributed by atoms with E-state index in [0.717, 1.165) is 5.56 Å². The summed E-state index contributed by atoms with van der Waals surface area (Å²) in [6.45, 7) is 3.41. The van der Waals surface area contributed by atoms with Crippen molar-refractivity contribution in [3.63, 3.8) is 0 Å². The highest BCUT2D eigenvalue weighted by Crippen LogP contribution is 2.13. The third-order valence-corrected chi connectivity index (χ3v) is 2.11. The molecule has 0 spiro atoms. The van der Waals surface area contributed by atoms with Gasteiger partial charge in [-0.2, -0.15) is 0 Å². The van der Waals surface area contributed by atoms with E-state index in [1.807, 2.05) is 6.92 Å². The highest BCUT2D eigenvalue weighted by Gasteiger charge is 2.17. The predicted molar refractivity (Wildman–Crippen MR) is 51.9 cm³/mol. The summed E-state index contributed by atoms with van der Waals surface area (Å²) in [7, 11) is 1.43. The summed E-state index contributed by atoms with van der Waals surface area (Å²) < 4.78 is 18.1. The van der Waals surface area contributed by atoms with Crippen molar-refractivity contribution >= 4 is 5.78 Å². The summed E-state index contributed by atoms with van der Waals surface area (Å²) in [6.07, 6.45) is -0.605. The van der Waals surface area contributed by atoms with Gasteiger partial charge < -0.3 is 4.74 Å². The van der Waals surface area contributed by atoms with E-state index in [-0.39, 0.29) is 11.3 Å². The number of methoxy groups -OCH3 is 1. The first-order valence-electron chi connectivity index (χ1n) is 4.39. The van der Waals surface area contributed by atoms with Gasteiger partial charge >= 0.3 is 0 Å². The van der Waals surface area contributed by atoms with Crippen molar-refractivity contribution in [3.05, 3.63) is 35.1 Å². The Morgan fingerprint density at radius 3 is 2.71 bits per heavy atom. The number of hydrogen-bond acceptors (Lipinski definition) is 2. The second-order valence-corrected chi connectivity index (χ2v) is 3.23. The summed E-state index contributed by atoms with van der Waals surface area (Å²) in [4.78, 5) is 11.6. The van der Waals surface area contributed by atoms with Crippen molar-refractivity contribution in [3.8, 4) is 0 Å².